The molecule has 0 atom stereocenters. The molecule has 0 saturated carbocycles. The van der Waals surface area contributed by atoms with Crippen LogP contribution in [0.4, 0.5) is 5.82 Å². The number of carbonyl (C=O) groups excluding carboxylic acids is 1. The van der Waals surface area contributed by atoms with Gasteiger partial charge in [-0.3, -0.25) is 4.79 Å². The molecule has 0 bridgehead atoms. The van der Waals surface area contributed by atoms with E-state index in [0.29, 0.717) is 18.7 Å². The van der Waals surface area contributed by atoms with E-state index in [1.54, 1.807) is 25.4 Å². The predicted molar refractivity (Wildman–Crippen MR) is 75.5 cm³/mol. The molecule has 0 radical (unpaired) electrons. The third-order valence-electron chi connectivity index (χ3n) is 2.48. The fourth-order valence-corrected chi connectivity index (χ4v) is 1.41. The maximum atomic E-state index is 11.7. The largest absolute Gasteiger partial charge is 0.383 e. The van der Waals surface area contributed by atoms with Crippen molar-refractivity contribution in [2.45, 2.75) is 0 Å². The van der Waals surface area contributed by atoms with Crippen LogP contribution in [0.5, 0.6) is 0 Å². The number of aromatic nitrogens is 1. The summed E-state index contributed by atoms with van der Waals surface area (Å²) < 4.78 is 4.87. The van der Waals surface area contributed by atoms with Crippen molar-refractivity contribution < 1.29 is 9.53 Å². The first-order valence-electron chi connectivity index (χ1n) is 6.25. The van der Waals surface area contributed by atoms with Crippen molar-refractivity contribution in [1.29, 1.82) is 0 Å². The van der Waals surface area contributed by atoms with Crippen molar-refractivity contribution >= 4 is 11.7 Å². The number of hydrogen-bond acceptors (Lipinski definition) is 5. The van der Waals surface area contributed by atoms with Gasteiger partial charge >= 0.3 is 0 Å². The number of pyridine rings is 1. The molecule has 0 aliphatic heterocycles. The summed E-state index contributed by atoms with van der Waals surface area (Å²) >= 11 is 0. The molecule has 2 N–H and O–H groups in total. The molecule has 6 heteroatoms. The lowest BCUT2D eigenvalue weighted by atomic mass is 10.2. The Morgan fingerprint density at radius 3 is 2.74 bits per heavy atom. The first-order chi connectivity index (χ1) is 9.13. The molecule has 1 heterocycles. The third kappa shape index (κ3) is 6.17. The molecule has 0 aliphatic rings. The van der Waals surface area contributed by atoms with E-state index in [0.717, 1.165) is 18.9 Å². The summed E-state index contributed by atoms with van der Waals surface area (Å²) in [6.45, 7) is 2.75. The van der Waals surface area contributed by atoms with E-state index < -0.39 is 0 Å². The summed E-state index contributed by atoms with van der Waals surface area (Å²) in [6.07, 6.45) is 1.57. The average molecular weight is 266 g/mol. The van der Waals surface area contributed by atoms with Crippen LogP contribution < -0.4 is 10.6 Å². The molecular formula is C13H22N4O2. The number of anilines is 1. The first kappa shape index (κ1) is 15.4. The molecule has 0 unspecified atom stereocenters. The molecule has 0 aromatic carbocycles. The van der Waals surface area contributed by atoms with Crippen molar-refractivity contribution in [2.75, 3.05) is 52.8 Å². The summed E-state index contributed by atoms with van der Waals surface area (Å²) in [7, 11) is 5.63. The second kappa shape index (κ2) is 8.44. The van der Waals surface area contributed by atoms with E-state index in [1.165, 1.54) is 0 Å². The smallest absolute Gasteiger partial charge is 0.252 e. The Bertz CT molecular complexity index is 379. The molecule has 19 heavy (non-hydrogen) atoms. The van der Waals surface area contributed by atoms with Crippen molar-refractivity contribution in [3.05, 3.63) is 23.9 Å². The van der Waals surface area contributed by atoms with E-state index in [9.17, 15) is 4.79 Å². The van der Waals surface area contributed by atoms with Crippen molar-refractivity contribution in [3.8, 4) is 0 Å². The van der Waals surface area contributed by atoms with Crippen LogP contribution in [-0.4, -0.2) is 63.2 Å². The minimum absolute atomic E-state index is 0.135. The highest BCUT2D eigenvalue weighted by Crippen LogP contribution is 2.04. The van der Waals surface area contributed by atoms with Gasteiger partial charge in [-0.2, -0.15) is 0 Å². The fraction of sp³-hybridized carbons (Fsp3) is 0.538. The molecule has 1 aromatic heterocycles. The lowest BCUT2D eigenvalue weighted by molar-refractivity contribution is 0.0937. The SMILES string of the molecule is COCCNC(=O)c1ccc(NCCN(C)C)nc1. The monoisotopic (exact) mass is 266 g/mol. The molecule has 0 spiro atoms. The summed E-state index contributed by atoms with van der Waals surface area (Å²) in [5, 5.41) is 5.94. The van der Waals surface area contributed by atoms with Gasteiger partial charge in [-0.15, -0.1) is 0 Å². The van der Waals surface area contributed by atoms with Gasteiger partial charge in [0.15, 0.2) is 0 Å². The highest BCUT2D eigenvalue weighted by molar-refractivity contribution is 5.94. The number of nitrogens with zero attached hydrogens (tertiary/aromatic N) is 2. The molecule has 0 saturated heterocycles. The molecular weight excluding hydrogens is 244 g/mol. The van der Waals surface area contributed by atoms with Gasteiger partial charge in [-0.1, -0.05) is 0 Å². The lowest BCUT2D eigenvalue weighted by Crippen LogP contribution is -2.27. The van der Waals surface area contributed by atoms with Gasteiger partial charge in [-0.25, -0.2) is 4.98 Å². The van der Waals surface area contributed by atoms with Crippen molar-refractivity contribution in [1.82, 2.24) is 15.2 Å². The van der Waals surface area contributed by atoms with Crippen LogP contribution in [0.2, 0.25) is 0 Å². The van der Waals surface area contributed by atoms with Gasteiger partial charge in [0.1, 0.15) is 5.82 Å². The molecule has 1 amide bonds. The number of methoxy groups -OCH3 is 1. The standard InChI is InChI=1S/C13H22N4O2/c1-17(2)8-6-14-12-5-4-11(10-16-12)13(18)15-7-9-19-3/h4-5,10H,6-9H2,1-3H3,(H,14,16)(H,15,18). The van der Waals surface area contributed by atoms with E-state index in [2.05, 4.69) is 20.5 Å². The third-order valence-corrected chi connectivity index (χ3v) is 2.48. The van der Waals surface area contributed by atoms with E-state index in [1.807, 2.05) is 14.1 Å². The van der Waals surface area contributed by atoms with Crippen molar-refractivity contribution in [3.63, 3.8) is 0 Å². The minimum atomic E-state index is -0.135. The second-order valence-corrected chi connectivity index (χ2v) is 4.41. The number of carbonyl (C=O) groups is 1. The normalized spacial score (nSPS) is 10.5. The van der Waals surface area contributed by atoms with Gasteiger partial charge in [0.2, 0.25) is 0 Å². The number of ether oxygens (including phenoxy) is 1. The summed E-state index contributed by atoms with van der Waals surface area (Å²) in [5.74, 6) is 0.639. The first-order valence-corrected chi connectivity index (χ1v) is 6.25. The highest BCUT2D eigenvalue weighted by atomic mass is 16.5. The van der Waals surface area contributed by atoms with Gasteiger partial charge in [-0.05, 0) is 26.2 Å². The van der Waals surface area contributed by atoms with Crippen LogP contribution in [0.1, 0.15) is 10.4 Å². The lowest BCUT2D eigenvalue weighted by Gasteiger charge is -2.11. The molecule has 0 aliphatic carbocycles. The Kier molecular flexibility index (Phi) is 6.84. The van der Waals surface area contributed by atoms with Crippen LogP contribution in [0, 0.1) is 0 Å². The molecule has 0 fully saturated rings. The number of amides is 1. The van der Waals surface area contributed by atoms with Crippen molar-refractivity contribution in [2.24, 2.45) is 0 Å². The number of rotatable bonds is 8. The minimum Gasteiger partial charge on any atom is -0.383 e. The average Bonchev–Trinajstić information content (AvgIpc) is 2.39. The molecule has 1 aromatic rings. The summed E-state index contributed by atoms with van der Waals surface area (Å²) in [6, 6.07) is 3.56. The second-order valence-electron chi connectivity index (χ2n) is 4.41. The van der Waals surface area contributed by atoms with Gasteiger partial charge in [0, 0.05) is 32.9 Å². The van der Waals surface area contributed by atoms with E-state index >= 15 is 0 Å². The van der Waals surface area contributed by atoms with Crippen LogP contribution in [0.25, 0.3) is 0 Å². The zero-order chi connectivity index (χ0) is 14.1. The zero-order valence-corrected chi connectivity index (χ0v) is 11.8. The summed E-state index contributed by atoms with van der Waals surface area (Å²) in [4.78, 5) is 18.0. The number of nitrogens with one attached hydrogen (secondary N) is 2. The Hall–Kier alpha value is -1.66. The maximum absolute atomic E-state index is 11.7. The molecule has 6 nitrogen and oxygen atoms in total. The van der Waals surface area contributed by atoms with Gasteiger partial charge in [0.25, 0.3) is 5.91 Å². The number of likely N-dealkylation sites (N-methyl/N-ethyl adjacent to an activating group) is 1. The van der Waals surface area contributed by atoms with Crippen LogP contribution in [0.3, 0.4) is 0 Å². The Balaban J connectivity index is 2.40. The summed E-state index contributed by atoms with van der Waals surface area (Å²) in [5.41, 5.74) is 0.550. The Morgan fingerprint density at radius 1 is 1.37 bits per heavy atom. The van der Waals surface area contributed by atoms with Crippen LogP contribution >= 0.6 is 0 Å². The quantitative estimate of drug-likeness (QED) is 0.668. The van der Waals surface area contributed by atoms with Crippen LogP contribution in [-0.2, 0) is 4.74 Å². The fourth-order valence-electron chi connectivity index (χ4n) is 1.41. The maximum Gasteiger partial charge on any atom is 0.252 e. The molecule has 1 rings (SSSR count). The number of hydrogen-bond donors (Lipinski definition) is 2. The van der Waals surface area contributed by atoms with Gasteiger partial charge < -0.3 is 20.3 Å². The zero-order valence-electron chi connectivity index (χ0n) is 11.8. The molecule has 106 valence electrons. The van der Waals surface area contributed by atoms with Crippen LogP contribution in [0.15, 0.2) is 18.3 Å². The Morgan fingerprint density at radius 2 is 2.16 bits per heavy atom. The Labute approximate surface area is 114 Å². The highest BCUT2D eigenvalue weighted by Gasteiger charge is 2.05. The van der Waals surface area contributed by atoms with E-state index in [-0.39, 0.29) is 5.91 Å². The predicted octanol–water partition coefficient (Wildman–Crippen LogP) is 0.431. The topological polar surface area (TPSA) is 66.5 Å². The van der Waals surface area contributed by atoms with Gasteiger partial charge in [0.05, 0.1) is 12.2 Å². The van der Waals surface area contributed by atoms with E-state index in [4.69, 9.17) is 4.74 Å².